The van der Waals surface area contributed by atoms with Crippen LogP contribution in [0.5, 0.6) is 0 Å². The highest BCUT2D eigenvalue weighted by atomic mass is 16.4. The van der Waals surface area contributed by atoms with E-state index < -0.39 is 17.4 Å². The monoisotopic (exact) mass is 234 g/mol. The van der Waals surface area contributed by atoms with E-state index in [0.717, 1.165) is 5.56 Å². The smallest absolute Gasteiger partial charge is 0.318 e. The summed E-state index contributed by atoms with van der Waals surface area (Å²) in [6.45, 7) is 0. The molecule has 1 aromatic carbocycles. The van der Waals surface area contributed by atoms with Gasteiger partial charge in [-0.3, -0.25) is 9.69 Å². The molecule has 2 rings (SSSR count). The minimum atomic E-state index is -0.784. The lowest BCUT2D eigenvalue weighted by atomic mass is 9.96. The summed E-state index contributed by atoms with van der Waals surface area (Å²) in [5, 5.41) is 9.14. The number of nitrogens with zero attached hydrogens (tertiary/aromatic N) is 1. The van der Waals surface area contributed by atoms with Crippen molar-refractivity contribution in [1.29, 1.82) is 0 Å². The summed E-state index contributed by atoms with van der Waals surface area (Å²) in [6, 6.07) is 6.37. The highest BCUT2D eigenvalue weighted by molar-refractivity contribution is 5.90. The van der Waals surface area contributed by atoms with Gasteiger partial charge in [0, 0.05) is 12.7 Å². The first-order valence-corrected chi connectivity index (χ1v) is 5.34. The van der Waals surface area contributed by atoms with E-state index in [4.69, 9.17) is 10.8 Å². The number of aliphatic carboxylic acids is 1. The number of hydrogen-bond donors (Lipinski definition) is 2. The van der Waals surface area contributed by atoms with Gasteiger partial charge in [0.05, 0.1) is 5.41 Å². The number of rotatable bonds is 3. The quantitative estimate of drug-likeness (QED) is 0.827. The first-order valence-electron chi connectivity index (χ1n) is 5.34. The summed E-state index contributed by atoms with van der Waals surface area (Å²) in [6.07, 6.45) is 1.35. The lowest BCUT2D eigenvalue weighted by molar-refractivity contribution is -0.140. The molecule has 0 atom stereocenters. The van der Waals surface area contributed by atoms with Crippen LogP contribution in [0, 0.1) is 0 Å². The Morgan fingerprint density at radius 1 is 1.29 bits per heavy atom. The fraction of sp³-hybridized carbons (Fsp3) is 0.333. The molecule has 0 aliphatic heterocycles. The van der Waals surface area contributed by atoms with E-state index in [1.165, 1.54) is 4.90 Å². The van der Waals surface area contributed by atoms with Gasteiger partial charge < -0.3 is 10.8 Å². The number of carboxylic acid groups (broad SMARTS) is 1. The SMILES string of the molecule is CN(C(N)=O)c1ccc(C2(C(=O)O)CC2)cc1. The Labute approximate surface area is 98.8 Å². The van der Waals surface area contributed by atoms with Crippen molar-refractivity contribution in [3.8, 4) is 0 Å². The average molecular weight is 234 g/mol. The van der Waals surface area contributed by atoms with Crippen molar-refractivity contribution in [2.75, 3.05) is 11.9 Å². The van der Waals surface area contributed by atoms with Gasteiger partial charge in [0.25, 0.3) is 0 Å². The lowest BCUT2D eigenvalue weighted by Crippen LogP contribution is -2.31. The predicted octanol–water partition coefficient (Wildman–Crippen LogP) is 1.32. The lowest BCUT2D eigenvalue weighted by Gasteiger charge is -2.16. The summed E-state index contributed by atoms with van der Waals surface area (Å²) in [4.78, 5) is 23.4. The minimum absolute atomic E-state index is 0.544. The Morgan fingerprint density at radius 3 is 2.18 bits per heavy atom. The molecule has 0 bridgehead atoms. The van der Waals surface area contributed by atoms with Crippen LogP contribution >= 0.6 is 0 Å². The number of amides is 2. The van der Waals surface area contributed by atoms with E-state index >= 15 is 0 Å². The first kappa shape index (κ1) is 11.4. The molecule has 0 spiro atoms. The van der Waals surface area contributed by atoms with Crippen molar-refractivity contribution in [2.24, 2.45) is 5.73 Å². The molecule has 17 heavy (non-hydrogen) atoms. The van der Waals surface area contributed by atoms with E-state index in [-0.39, 0.29) is 0 Å². The molecule has 5 nitrogen and oxygen atoms in total. The van der Waals surface area contributed by atoms with Gasteiger partial charge in [-0.05, 0) is 30.5 Å². The zero-order chi connectivity index (χ0) is 12.6. The van der Waals surface area contributed by atoms with Crippen LogP contribution in [0.2, 0.25) is 0 Å². The molecule has 3 N–H and O–H groups in total. The second-order valence-electron chi connectivity index (χ2n) is 4.33. The van der Waals surface area contributed by atoms with Crippen LogP contribution < -0.4 is 10.6 Å². The number of carbonyl (C=O) groups is 2. The number of anilines is 1. The largest absolute Gasteiger partial charge is 0.481 e. The van der Waals surface area contributed by atoms with E-state index in [1.807, 2.05) is 0 Å². The molecule has 0 radical (unpaired) electrons. The van der Waals surface area contributed by atoms with Crippen molar-refractivity contribution in [3.05, 3.63) is 29.8 Å². The molecule has 0 unspecified atom stereocenters. The van der Waals surface area contributed by atoms with E-state index in [1.54, 1.807) is 31.3 Å². The zero-order valence-corrected chi connectivity index (χ0v) is 9.51. The van der Waals surface area contributed by atoms with Crippen LogP contribution in [-0.2, 0) is 10.2 Å². The van der Waals surface area contributed by atoms with Crippen molar-refractivity contribution < 1.29 is 14.7 Å². The molecule has 2 amide bonds. The molecule has 0 aromatic heterocycles. The molecule has 0 heterocycles. The van der Waals surface area contributed by atoms with Crippen LogP contribution in [0.4, 0.5) is 10.5 Å². The van der Waals surface area contributed by atoms with Crippen molar-refractivity contribution in [3.63, 3.8) is 0 Å². The maximum Gasteiger partial charge on any atom is 0.318 e. The van der Waals surface area contributed by atoms with E-state index in [0.29, 0.717) is 18.5 Å². The summed E-state index contributed by atoms with van der Waals surface area (Å²) in [7, 11) is 1.57. The van der Waals surface area contributed by atoms with Gasteiger partial charge in [-0.1, -0.05) is 12.1 Å². The average Bonchev–Trinajstić information content (AvgIpc) is 3.09. The van der Waals surface area contributed by atoms with Crippen LogP contribution in [0.15, 0.2) is 24.3 Å². The van der Waals surface area contributed by atoms with Crippen molar-refractivity contribution in [1.82, 2.24) is 0 Å². The van der Waals surface area contributed by atoms with Gasteiger partial charge in [0.1, 0.15) is 0 Å². The predicted molar refractivity (Wildman–Crippen MR) is 63.0 cm³/mol. The molecular weight excluding hydrogens is 220 g/mol. The van der Waals surface area contributed by atoms with Crippen LogP contribution in [0.1, 0.15) is 18.4 Å². The summed E-state index contributed by atoms with van der Waals surface area (Å²) in [5.41, 5.74) is 5.88. The van der Waals surface area contributed by atoms with Gasteiger partial charge >= 0.3 is 12.0 Å². The fourth-order valence-corrected chi connectivity index (χ4v) is 1.88. The number of hydrogen-bond acceptors (Lipinski definition) is 2. The summed E-state index contributed by atoms with van der Waals surface area (Å²) >= 11 is 0. The molecule has 90 valence electrons. The second kappa shape index (κ2) is 3.76. The molecule has 1 aliphatic carbocycles. The van der Waals surface area contributed by atoms with E-state index in [2.05, 4.69) is 0 Å². The van der Waals surface area contributed by atoms with Gasteiger partial charge in [0.2, 0.25) is 0 Å². The third-order valence-corrected chi connectivity index (χ3v) is 3.30. The number of nitrogens with two attached hydrogens (primary N) is 1. The molecular formula is C12H14N2O3. The Bertz CT molecular complexity index is 463. The minimum Gasteiger partial charge on any atom is -0.481 e. The fourth-order valence-electron chi connectivity index (χ4n) is 1.88. The second-order valence-corrected chi connectivity index (χ2v) is 4.33. The third kappa shape index (κ3) is 1.84. The van der Waals surface area contributed by atoms with Gasteiger partial charge in [0.15, 0.2) is 0 Å². The van der Waals surface area contributed by atoms with Gasteiger partial charge in [-0.2, -0.15) is 0 Å². The van der Waals surface area contributed by atoms with E-state index in [9.17, 15) is 9.59 Å². The van der Waals surface area contributed by atoms with Crippen LogP contribution in [0.3, 0.4) is 0 Å². The maximum atomic E-state index is 11.1. The highest BCUT2D eigenvalue weighted by Crippen LogP contribution is 2.48. The molecule has 1 fully saturated rings. The van der Waals surface area contributed by atoms with Gasteiger partial charge in [-0.25, -0.2) is 4.79 Å². The Morgan fingerprint density at radius 2 is 1.82 bits per heavy atom. The number of carbonyl (C=O) groups excluding carboxylic acids is 1. The number of urea groups is 1. The summed E-state index contributed by atoms with van der Waals surface area (Å²) < 4.78 is 0. The molecule has 0 saturated heterocycles. The standard InChI is InChI=1S/C12H14N2O3/c1-14(11(13)17)9-4-2-8(3-5-9)12(6-7-12)10(15)16/h2-5H,6-7H2,1H3,(H2,13,17)(H,15,16). The first-order chi connectivity index (χ1) is 7.97. The zero-order valence-electron chi connectivity index (χ0n) is 9.51. The normalized spacial score (nSPS) is 16.3. The molecule has 5 heteroatoms. The van der Waals surface area contributed by atoms with Crippen molar-refractivity contribution >= 4 is 17.7 Å². The molecule has 1 aliphatic rings. The maximum absolute atomic E-state index is 11.1. The molecule has 1 aromatic rings. The van der Waals surface area contributed by atoms with Crippen LogP contribution in [-0.4, -0.2) is 24.2 Å². The Hall–Kier alpha value is -2.04. The topological polar surface area (TPSA) is 83.6 Å². The summed E-state index contributed by atoms with van der Waals surface area (Å²) in [5.74, 6) is -0.784. The Balaban J connectivity index is 2.25. The number of benzene rings is 1. The highest BCUT2D eigenvalue weighted by Gasteiger charge is 2.51. The number of carboxylic acids is 1. The Kier molecular flexibility index (Phi) is 2.53. The number of primary amides is 1. The molecule has 1 saturated carbocycles. The van der Waals surface area contributed by atoms with Gasteiger partial charge in [-0.15, -0.1) is 0 Å². The van der Waals surface area contributed by atoms with Crippen molar-refractivity contribution in [2.45, 2.75) is 18.3 Å². The third-order valence-electron chi connectivity index (χ3n) is 3.30. The van der Waals surface area contributed by atoms with Crippen LogP contribution in [0.25, 0.3) is 0 Å².